The molecule has 0 aromatic heterocycles. The molecule has 0 fully saturated rings. The van der Waals surface area contributed by atoms with Crippen LogP contribution in [0.25, 0.3) is 0 Å². The van der Waals surface area contributed by atoms with Gasteiger partial charge in [0.25, 0.3) is 0 Å². The van der Waals surface area contributed by atoms with Gasteiger partial charge in [0.15, 0.2) is 0 Å². The van der Waals surface area contributed by atoms with Crippen LogP contribution < -0.4 is 27.0 Å². The third-order valence-electron chi connectivity index (χ3n) is 6.89. The fraction of sp³-hybridized carbons (Fsp3) is 0.455. The predicted octanol–water partition coefficient (Wildman–Crippen LogP) is 1.14. The smallest absolute Gasteiger partial charge is 0.326 e. The molecule has 0 saturated heterocycles. The monoisotopic (exact) mass is 671 g/mol. The summed E-state index contributed by atoms with van der Waals surface area (Å²) in [5.74, 6) is -4.13. The first kappa shape index (κ1) is 38.8. The average Bonchev–Trinajstić information content (AvgIpc) is 3.04. The number of carboxylic acid groups (broad SMARTS) is 1. The molecule has 2 aromatic rings. The van der Waals surface area contributed by atoms with Crippen molar-refractivity contribution in [2.45, 2.75) is 70.3 Å². The van der Waals surface area contributed by atoms with E-state index in [9.17, 15) is 33.9 Å². The van der Waals surface area contributed by atoms with Crippen molar-refractivity contribution >= 4 is 47.3 Å². The molecule has 256 valence electrons. The lowest BCUT2D eigenvalue weighted by Crippen LogP contribution is -2.56. The molecular formula is C33H45N5O8S. The van der Waals surface area contributed by atoms with E-state index < -0.39 is 72.7 Å². The number of thioether (sulfide) groups is 1. The van der Waals surface area contributed by atoms with Crippen LogP contribution in [0, 0.1) is 5.92 Å². The number of ether oxygens (including phenoxy) is 1. The first-order chi connectivity index (χ1) is 22.4. The molecule has 4 amide bonds. The molecule has 0 radical (unpaired) electrons. The molecule has 0 heterocycles. The second kappa shape index (κ2) is 20.6. The second-order valence-corrected chi connectivity index (χ2v) is 12.3. The van der Waals surface area contributed by atoms with E-state index in [0.29, 0.717) is 5.75 Å². The van der Waals surface area contributed by atoms with Gasteiger partial charge in [-0.1, -0.05) is 74.5 Å². The lowest BCUT2D eigenvalue weighted by molar-refractivity contribution is -0.147. The molecule has 0 saturated carbocycles. The molecule has 2 rings (SSSR count). The maximum Gasteiger partial charge on any atom is 0.326 e. The number of hydrogen-bond acceptors (Lipinski definition) is 9. The average molecular weight is 672 g/mol. The number of esters is 1. The molecule has 0 bridgehead atoms. The number of carbonyl (C=O) groups excluding carboxylic acids is 5. The number of rotatable bonds is 20. The highest BCUT2D eigenvalue weighted by atomic mass is 32.2. The van der Waals surface area contributed by atoms with Crippen molar-refractivity contribution in [2.24, 2.45) is 11.7 Å². The Kier molecular flexibility index (Phi) is 17.0. The Balaban J connectivity index is 2.02. The van der Waals surface area contributed by atoms with E-state index in [4.69, 9.17) is 10.5 Å². The standard InChI is InChI=1S/C33H45N5O8S/c1-21(2)16-26(32(43)37-25(33(44)45)14-15-47-3)36-28(39)19-35-31(42)27(17-22-10-6-4-7-11-22)38-30(41)24(34)18-29(40)46-20-23-12-8-5-9-13-23/h4-13,21,24-27H,14-20,34H2,1-3H3,(H,35,42)(H,36,39)(H,37,43)(H,38,41)(H,44,45)/t24-,25-,26-,27-/m0/s1. The molecular weight excluding hydrogens is 626 g/mol. The summed E-state index contributed by atoms with van der Waals surface area (Å²) in [5.41, 5.74) is 7.46. The molecule has 14 heteroatoms. The molecule has 0 aliphatic rings. The molecule has 47 heavy (non-hydrogen) atoms. The van der Waals surface area contributed by atoms with E-state index in [1.165, 1.54) is 11.8 Å². The van der Waals surface area contributed by atoms with Gasteiger partial charge in [-0.05, 0) is 41.9 Å². The van der Waals surface area contributed by atoms with Gasteiger partial charge in [-0.15, -0.1) is 0 Å². The summed E-state index contributed by atoms with van der Waals surface area (Å²) in [6, 6.07) is 13.3. The van der Waals surface area contributed by atoms with E-state index in [1.807, 2.05) is 26.2 Å². The molecule has 13 nitrogen and oxygen atoms in total. The minimum Gasteiger partial charge on any atom is -0.480 e. The number of amides is 4. The van der Waals surface area contributed by atoms with Crippen LogP contribution in [0.4, 0.5) is 0 Å². The van der Waals surface area contributed by atoms with Crippen LogP contribution >= 0.6 is 11.8 Å². The zero-order chi connectivity index (χ0) is 34.8. The van der Waals surface area contributed by atoms with Crippen molar-refractivity contribution in [3.63, 3.8) is 0 Å². The third-order valence-corrected chi connectivity index (χ3v) is 7.53. The number of aliphatic carboxylic acids is 1. The maximum atomic E-state index is 13.2. The molecule has 0 aliphatic carbocycles. The highest BCUT2D eigenvalue weighted by Gasteiger charge is 2.29. The minimum absolute atomic E-state index is 0.0135. The van der Waals surface area contributed by atoms with Crippen molar-refractivity contribution in [1.82, 2.24) is 21.3 Å². The fourth-order valence-corrected chi connectivity index (χ4v) is 4.88. The van der Waals surface area contributed by atoms with Crippen molar-refractivity contribution in [2.75, 3.05) is 18.6 Å². The first-order valence-electron chi connectivity index (χ1n) is 15.3. The van der Waals surface area contributed by atoms with Gasteiger partial charge in [0.2, 0.25) is 23.6 Å². The minimum atomic E-state index is -1.30. The van der Waals surface area contributed by atoms with Gasteiger partial charge in [-0.3, -0.25) is 24.0 Å². The number of carboxylic acids is 1. The summed E-state index contributed by atoms with van der Waals surface area (Å²) < 4.78 is 5.20. The Hall–Kier alpha value is -4.43. The largest absolute Gasteiger partial charge is 0.480 e. The van der Waals surface area contributed by atoms with Crippen molar-refractivity contribution < 1.29 is 38.6 Å². The number of nitrogens with two attached hydrogens (primary N) is 1. The van der Waals surface area contributed by atoms with E-state index in [-0.39, 0.29) is 31.8 Å². The molecule has 2 aromatic carbocycles. The zero-order valence-electron chi connectivity index (χ0n) is 26.9. The highest BCUT2D eigenvalue weighted by molar-refractivity contribution is 7.98. The first-order valence-corrected chi connectivity index (χ1v) is 16.7. The van der Waals surface area contributed by atoms with Crippen molar-refractivity contribution in [3.05, 3.63) is 71.8 Å². The van der Waals surface area contributed by atoms with Gasteiger partial charge in [-0.25, -0.2) is 4.79 Å². The Morgan fingerprint density at radius 2 is 1.40 bits per heavy atom. The van der Waals surface area contributed by atoms with Gasteiger partial charge in [-0.2, -0.15) is 11.8 Å². The number of carbonyl (C=O) groups is 6. The summed E-state index contributed by atoms with van der Waals surface area (Å²) in [5, 5.41) is 19.6. The van der Waals surface area contributed by atoms with Crippen LogP contribution in [0.1, 0.15) is 44.2 Å². The third kappa shape index (κ3) is 15.1. The fourth-order valence-electron chi connectivity index (χ4n) is 4.41. The SMILES string of the molecule is CSCC[C@H](NC(=O)[C@H](CC(C)C)NC(=O)CNC(=O)[C@H](Cc1ccccc1)NC(=O)[C@@H](N)CC(=O)OCc1ccccc1)C(=O)O. The van der Waals surface area contributed by atoms with E-state index >= 15 is 0 Å². The second-order valence-electron chi connectivity index (χ2n) is 11.4. The number of benzene rings is 2. The Bertz CT molecular complexity index is 1330. The quantitative estimate of drug-likeness (QED) is 0.111. The van der Waals surface area contributed by atoms with Crippen molar-refractivity contribution in [3.8, 4) is 0 Å². The van der Waals surface area contributed by atoms with Crippen LogP contribution in [-0.2, 0) is 46.5 Å². The van der Waals surface area contributed by atoms with Gasteiger partial charge in [0, 0.05) is 6.42 Å². The predicted molar refractivity (Wildman–Crippen MR) is 178 cm³/mol. The Labute approximate surface area is 279 Å². The zero-order valence-corrected chi connectivity index (χ0v) is 27.7. The van der Waals surface area contributed by atoms with Crippen LogP contribution in [0.15, 0.2) is 60.7 Å². The number of nitrogens with one attached hydrogen (secondary N) is 4. The Morgan fingerprint density at radius 3 is 1.98 bits per heavy atom. The normalized spacial score (nSPS) is 13.4. The molecule has 0 unspecified atom stereocenters. The van der Waals surface area contributed by atoms with Crippen LogP contribution in [0.3, 0.4) is 0 Å². The summed E-state index contributed by atoms with van der Waals surface area (Å²) in [6.45, 7) is 3.20. The molecule has 7 N–H and O–H groups in total. The van der Waals surface area contributed by atoms with Gasteiger partial charge in [0.05, 0.1) is 19.0 Å². The van der Waals surface area contributed by atoms with Crippen LogP contribution in [0.2, 0.25) is 0 Å². The highest BCUT2D eigenvalue weighted by Crippen LogP contribution is 2.09. The number of hydrogen-bond donors (Lipinski definition) is 6. The van der Waals surface area contributed by atoms with E-state index in [2.05, 4.69) is 21.3 Å². The molecule has 0 aliphatic heterocycles. The van der Waals surface area contributed by atoms with Crippen LogP contribution in [-0.4, -0.2) is 83.4 Å². The summed E-state index contributed by atoms with van der Waals surface area (Å²) in [6.07, 6.45) is 1.92. The summed E-state index contributed by atoms with van der Waals surface area (Å²) in [7, 11) is 0. The summed E-state index contributed by atoms with van der Waals surface area (Å²) in [4.78, 5) is 75.9. The molecule has 0 spiro atoms. The lowest BCUT2D eigenvalue weighted by atomic mass is 10.0. The van der Waals surface area contributed by atoms with Crippen LogP contribution in [0.5, 0.6) is 0 Å². The van der Waals surface area contributed by atoms with Gasteiger partial charge in [0.1, 0.15) is 24.7 Å². The maximum absolute atomic E-state index is 13.2. The topological polar surface area (TPSA) is 206 Å². The summed E-state index contributed by atoms with van der Waals surface area (Å²) >= 11 is 1.45. The van der Waals surface area contributed by atoms with E-state index in [0.717, 1.165) is 11.1 Å². The van der Waals surface area contributed by atoms with E-state index in [1.54, 1.807) is 54.6 Å². The van der Waals surface area contributed by atoms with Gasteiger partial charge >= 0.3 is 11.9 Å². The lowest BCUT2D eigenvalue weighted by Gasteiger charge is -2.23. The Morgan fingerprint density at radius 1 is 0.809 bits per heavy atom. The van der Waals surface area contributed by atoms with Gasteiger partial charge < -0.3 is 36.8 Å². The molecule has 4 atom stereocenters. The van der Waals surface area contributed by atoms with Crippen molar-refractivity contribution in [1.29, 1.82) is 0 Å².